The number of halogens is 3. The first-order valence-electron chi connectivity index (χ1n) is 8.20. The summed E-state index contributed by atoms with van der Waals surface area (Å²) in [7, 11) is 1.53. The number of nitrogens with one attached hydrogen (secondary N) is 1. The van der Waals surface area contributed by atoms with E-state index in [9.17, 15) is 18.0 Å². The van der Waals surface area contributed by atoms with Gasteiger partial charge in [0.15, 0.2) is 24.7 Å². The van der Waals surface area contributed by atoms with Gasteiger partial charge < -0.3 is 24.3 Å². The highest BCUT2D eigenvalue weighted by molar-refractivity contribution is 5.78. The Labute approximate surface area is 149 Å². The summed E-state index contributed by atoms with van der Waals surface area (Å²) in [5, 5.41) is 2.77. The van der Waals surface area contributed by atoms with Crippen molar-refractivity contribution in [1.82, 2.24) is 5.32 Å². The average Bonchev–Trinajstić information content (AvgIpc) is 3.12. The van der Waals surface area contributed by atoms with Crippen LogP contribution < -0.4 is 14.8 Å². The van der Waals surface area contributed by atoms with E-state index in [4.69, 9.17) is 18.9 Å². The van der Waals surface area contributed by atoms with Crippen molar-refractivity contribution in [2.45, 2.75) is 31.2 Å². The zero-order valence-corrected chi connectivity index (χ0v) is 14.4. The van der Waals surface area contributed by atoms with Crippen LogP contribution in [0.15, 0.2) is 24.3 Å². The van der Waals surface area contributed by atoms with Gasteiger partial charge in [0.2, 0.25) is 0 Å². The first-order valence-corrected chi connectivity index (χ1v) is 8.20. The van der Waals surface area contributed by atoms with Crippen molar-refractivity contribution in [1.29, 1.82) is 0 Å². The smallest absolute Gasteiger partial charge is 0.422 e. The molecule has 0 unspecified atom stereocenters. The van der Waals surface area contributed by atoms with Crippen LogP contribution in [0.25, 0.3) is 0 Å². The summed E-state index contributed by atoms with van der Waals surface area (Å²) in [5.74, 6) is -0.439. The molecule has 1 fully saturated rings. The maximum absolute atomic E-state index is 12.3. The molecule has 1 saturated heterocycles. The minimum absolute atomic E-state index is 0.0623. The second kappa shape index (κ2) is 9.63. The molecule has 0 aromatic heterocycles. The van der Waals surface area contributed by atoms with Crippen LogP contribution in [0.4, 0.5) is 13.2 Å². The summed E-state index contributed by atoms with van der Waals surface area (Å²) in [5.41, 5.74) is 0. The molecule has 0 bridgehead atoms. The molecule has 1 heterocycles. The molecule has 9 heteroatoms. The van der Waals surface area contributed by atoms with Gasteiger partial charge in [-0.25, -0.2) is 0 Å². The third-order valence-electron chi connectivity index (χ3n) is 3.71. The Morgan fingerprint density at radius 3 is 2.58 bits per heavy atom. The van der Waals surface area contributed by atoms with Gasteiger partial charge in [-0.05, 0) is 25.0 Å². The van der Waals surface area contributed by atoms with Crippen molar-refractivity contribution >= 4 is 5.91 Å². The molecular formula is C17H22F3NO5. The summed E-state index contributed by atoms with van der Waals surface area (Å²) in [4.78, 5) is 12.1. The van der Waals surface area contributed by atoms with Crippen LogP contribution in [-0.2, 0) is 14.3 Å². The van der Waals surface area contributed by atoms with Crippen molar-refractivity contribution in [2.75, 3.05) is 33.5 Å². The van der Waals surface area contributed by atoms with Gasteiger partial charge in [-0.15, -0.1) is 0 Å². The van der Waals surface area contributed by atoms with Gasteiger partial charge in [0, 0.05) is 13.7 Å². The molecule has 0 spiro atoms. The van der Waals surface area contributed by atoms with Crippen molar-refractivity contribution in [3.8, 4) is 11.5 Å². The Morgan fingerprint density at radius 1 is 1.31 bits per heavy atom. The highest BCUT2D eigenvalue weighted by Crippen LogP contribution is 2.28. The second-order valence-corrected chi connectivity index (χ2v) is 5.82. The summed E-state index contributed by atoms with van der Waals surface area (Å²) in [6.07, 6.45) is -2.84. The maximum Gasteiger partial charge on any atom is 0.422 e. The lowest BCUT2D eigenvalue weighted by atomic mass is 10.1. The maximum atomic E-state index is 12.3. The molecule has 1 aliphatic heterocycles. The van der Waals surface area contributed by atoms with E-state index in [1.54, 1.807) is 6.07 Å². The molecule has 0 saturated carbocycles. The molecule has 146 valence electrons. The number of rotatable bonds is 9. The molecule has 1 N–H and O–H groups in total. The molecular weight excluding hydrogens is 355 g/mol. The Kier molecular flexibility index (Phi) is 7.52. The van der Waals surface area contributed by atoms with Gasteiger partial charge in [0.05, 0.1) is 18.8 Å². The van der Waals surface area contributed by atoms with Gasteiger partial charge in [-0.1, -0.05) is 12.1 Å². The van der Waals surface area contributed by atoms with E-state index < -0.39 is 18.7 Å². The number of carbonyl (C=O) groups excluding carboxylic acids is 1. The first kappa shape index (κ1) is 20.3. The summed E-state index contributed by atoms with van der Waals surface area (Å²) >= 11 is 0. The number of carbonyl (C=O) groups is 1. The number of methoxy groups -OCH3 is 1. The fourth-order valence-corrected chi connectivity index (χ4v) is 2.58. The lowest BCUT2D eigenvalue weighted by Gasteiger charge is -2.23. The van der Waals surface area contributed by atoms with Crippen molar-refractivity contribution in [2.24, 2.45) is 0 Å². The van der Waals surface area contributed by atoms with Gasteiger partial charge in [-0.2, -0.15) is 13.2 Å². The van der Waals surface area contributed by atoms with Crippen LogP contribution in [0.5, 0.6) is 11.5 Å². The third kappa shape index (κ3) is 6.72. The summed E-state index contributed by atoms with van der Waals surface area (Å²) in [6, 6.07) is 5.57. The number of hydrogen-bond donors (Lipinski definition) is 1. The summed E-state index contributed by atoms with van der Waals surface area (Å²) < 4.78 is 57.6. The monoisotopic (exact) mass is 377 g/mol. The molecule has 2 rings (SSSR count). The number of hydrogen-bond acceptors (Lipinski definition) is 5. The van der Waals surface area contributed by atoms with Gasteiger partial charge >= 0.3 is 6.18 Å². The average molecular weight is 377 g/mol. The van der Waals surface area contributed by atoms with Gasteiger partial charge in [0.25, 0.3) is 5.91 Å². The van der Waals surface area contributed by atoms with Crippen LogP contribution in [0, 0.1) is 0 Å². The normalized spacial score (nSPS) is 18.4. The van der Waals surface area contributed by atoms with Crippen LogP contribution >= 0.6 is 0 Å². The van der Waals surface area contributed by atoms with Gasteiger partial charge in [0.1, 0.15) is 0 Å². The van der Waals surface area contributed by atoms with E-state index in [0.29, 0.717) is 13.2 Å². The predicted octanol–water partition coefficient (Wildman–Crippen LogP) is 2.32. The Bertz CT molecular complexity index is 576. The molecule has 1 aliphatic rings. The molecule has 2 atom stereocenters. The number of para-hydroxylation sites is 2. The van der Waals surface area contributed by atoms with Crippen molar-refractivity contribution < 1.29 is 36.9 Å². The predicted molar refractivity (Wildman–Crippen MR) is 86.3 cm³/mol. The lowest BCUT2D eigenvalue weighted by molar-refractivity contribution is -0.153. The fraction of sp³-hybridized carbons (Fsp3) is 0.588. The largest absolute Gasteiger partial charge is 0.480 e. The van der Waals surface area contributed by atoms with E-state index in [0.717, 1.165) is 12.8 Å². The van der Waals surface area contributed by atoms with Crippen molar-refractivity contribution in [3.63, 3.8) is 0 Å². The highest BCUT2D eigenvalue weighted by atomic mass is 19.4. The molecule has 1 aromatic carbocycles. The second-order valence-electron chi connectivity index (χ2n) is 5.82. The number of amides is 1. The Balaban J connectivity index is 1.88. The molecule has 6 nitrogen and oxygen atoms in total. The number of benzene rings is 1. The Hall–Kier alpha value is -2.00. The number of ether oxygens (including phenoxy) is 4. The van der Waals surface area contributed by atoms with Crippen LogP contribution in [-0.4, -0.2) is 57.8 Å². The number of alkyl halides is 3. The minimum atomic E-state index is -4.46. The van der Waals surface area contributed by atoms with Crippen LogP contribution in [0.3, 0.4) is 0 Å². The molecule has 0 aliphatic carbocycles. The molecule has 26 heavy (non-hydrogen) atoms. The van der Waals surface area contributed by atoms with Crippen LogP contribution in [0.2, 0.25) is 0 Å². The van der Waals surface area contributed by atoms with Gasteiger partial charge in [-0.3, -0.25) is 4.79 Å². The standard InChI is InChI=1S/C17H22F3NO5/c1-23-9-12(13-7-4-8-24-13)21-16(22)10-25-14-5-2-3-6-15(14)26-11-17(18,19)20/h2-3,5-6,12-13H,4,7-11H2,1H3,(H,21,22)/t12-,13-/m0/s1. The quantitative estimate of drug-likeness (QED) is 0.716. The molecule has 1 aromatic rings. The third-order valence-corrected chi connectivity index (χ3v) is 3.71. The molecule has 0 radical (unpaired) electrons. The Morgan fingerprint density at radius 2 is 2.00 bits per heavy atom. The van der Waals surface area contributed by atoms with E-state index in [1.807, 2.05) is 0 Å². The minimum Gasteiger partial charge on any atom is -0.480 e. The van der Waals surface area contributed by atoms with E-state index >= 15 is 0 Å². The topological polar surface area (TPSA) is 66.0 Å². The highest BCUT2D eigenvalue weighted by Gasteiger charge is 2.29. The van der Waals surface area contributed by atoms with Crippen LogP contribution in [0.1, 0.15) is 12.8 Å². The van der Waals surface area contributed by atoms with E-state index in [-0.39, 0.29) is 30.3 Å². The van der Waals surface area contributed by atoms with Crippen molar-refractivity contribution in [3.05, 3.63) is 24.3 Å². The lowest BCUT2D eigenvalue weighted by Crippen LogP contribution is -2.47. The molecule has 1 amide bonds. The first-order chi connectivity index (χ1) is 12.4. The zero-order valence-electron chi connectivity index (χ0n) is 14.4. The zero-order chi connectivity index (χ0) is 19.0. The SMILES string of the molecule is COC[C@H](NC(=O)COc1ccccc1OCC(F)(F)F)[C@@H]1CCCO1. The summed E-state index contributed by atoms with van der Waals surface area (Å²) in [6.45, 7) is -0.864. The van der Waals surface area contributed by atoms with E-state index in [2.05, 4.69) is 5.32 Å². The van der Waals surface area contributed by atoms with E-state index in [1.165, 1.54) is 25.3 Å². The fourth-order valence-electron chi connectivity index (χ4n) is 2.58.